The summed E-state index contributed by atoms with van der Waals surface area (Å²) in [6.07, 6.45) is -1.04. The van der Waals surface area contributed by atoms with Crippen LogP contribution in [0.3, 0.4) is 0 Å². The second-order valence-electron chi connectivity index (χ2n) is 5.48. The summed E-state index contributed by atoms with van der Waals surface area (Å²) < 4.78 is 16.1. The lowest BCUT2D eigenvalue weighted by molar-refractivity contribution is 0.169. The van der Waals surface area contributed by atoms with Gasteiger partial charge in [-0.05, 0) is 0 Å². The lowest BCUT2D eigenvalue weighted by atomic mass is 10.1. The molecule has 0 aliphatic carbocycles. The normalized spacial score (nSPS) is 10.2. The van der Waals surface area contributed by atoms with Gasteiger partial charge in [0.05, 0.1) is 7.11 Å². The first kappa shape index (κ1) is 17.4. The fourth-order valence-corrected chi connectivity index (χ4v) is 2.00. The molecule has 0 aromatic heterocycles. The molecule has 0 N–H and O–H groups in total. The van der Waals surface area contributed by atoms with Crippen LogP contribution in [-0.2, 0) is 0 Å². The molecule has 2 aromatic rings. The molecule has 0 fully saturated rings. The zero-order chi connectivity index (χ0) is 17.9. The van der Waals surface area contributed by atoms with Crippen LogP contribution in [0.15, 0.2) is 30.3 Å². The number of fused-ring (bicyclic) bond motifs is 1. The predicted octanol–water partition coefficient (Wildman–Crippen LogP) is 2.97. The molecule has 2 amide bonds. The maximum absolute atomic E-state index is 11.9. The minimum atomic E-state index is -0.531. The zero-order valence-corrected chi connectivity index (χ0v) is 14.3. The van der Waals surface area contributed by atoms with Gasteiger partial charge in [0, 0.05) is 45.0 Å². The average Bonchev–Trinajstić information content (AvgIpc) is 2.56. The zero-order valence-electron chi connectivity index (χ0n) is 14.3. The molecule has 24 heavy (non-hydrogen) atoms. The smallest absolute Gasteiger partial charge is 0.414 e. The van der Waals surface area contributed by atoms with Crippen LogP contribution in [-0.4, -0.2) is 57.3 Å². The van der Waals surface area contributed by atoms with Crippen LogP contribution in [0.2, 0.25) is 0 Å². The number of methoxy groups -OCH3 is 1. The third-order valence-corrected chi connectivity index (χ3v) is 3.26. The van der Waals surface area contributed by atoms with Crippen LogP contribution in [0.25, 0.3) is 10.8 Å². The van der Waals surface area contributed by atoms with Gasteiger partial charge in [-0.15, -0.1) is 0 Å². The molecule has 0 spiro atoms. The van der Waals surface area contributed by atoms with Crippen LogP contribution in [0.5, 0.6) is 17.2 Å². The molecule has 0 heterocycles. The van der Waals surface area contributed by atoms with Crippen molar-refractivity contribution in [2.45, 2.75) is 0 Å². The quantitative estimate of drug-likeness (QED) is 0.864. The Hall–Kier alpha value is -2.96. The van der Waals surface area contributed by atoms with E-state index >= 15 is 0 Å². The van der Waals surface area contributed by atoms with E-state index in [2.05, 4.69) is 0 Å². The van der Waals surface area contributed by atoms with Crippen LogP contribution in [0.4, 0.5) is 9.59 Å². The van der Waals surface area contributed by atoms with Gasteiger partial charge < -0.3 is 24.0 Å². The summed E-state index contributed by atoms with van der Waals surface area (Å²) in [6.45, 7) is 0. The molecule has 0 aliphatic heterocycles. The fraction of sp³-hybridized carbons (Fsp3) is 0.294. The number of amides is 2. The van der Waals surface area contributed by atoms with E-state index in [0.29, 0.717) is 22.3 Å². The Labute approximate surface area is 140 Å². The van der Waals surface area contributed by atoms with Gasteiger partial charge in [-0.2, -0.15) is 0 Å². The Morgan fingerprint density at radius 3 is 1.92 bits per heavy atom. The number of benzene rings is 2. The highest BCUT2D eigenvalue weighted by Gasteiger charge is 2.20. The molecule has 2 aromatic carbocycles. The summed E-state index contributed by atoms with van der Waals surface area (Å²) >= 11 is 0. The summed E-state index contributed by atoms with van der Waals surface area (Å²) in [5, 5.41) is 1.24. The minimum absolute atomic E-state index is 0.274. The SMILES string of the molecule is COc1cc(OC(=O)N(C)C)c2ccccc2c1OC(=O)N(C)C. The van der Waals surface area contributed by atoms with Crippen molar-refractivity contribution in [3.05, 3.63) is 30.3 Å². The third kappa shape index (κ3) is 3.51. The van der Waals surface area contributed by atoms with E-state index in [1.165, 1.54) is 23.0 Å². The Morgan fingerprint density at radius 2 is 1.38 bits per heavy atom. The average molecular weight is 332 g/mol. The highest BCUT2D eigenvalue weighted by Crippen LogP contribution is 2.41. The van der Waals surface area contributed by atoms with Gasteiger partial charge in [0.15, 0.2) is 11.5 Å². The standard InChI is InChI=1S/C17H20N2O5/c1-18(2)16(20)23-13-10-14(22-5)15(24-17(21)19(3)4)12-9-7-6-8-11(12)13/h6-10H,1-5H3. The van der Waals surface area contributed by atoms with Crippen molar-refractivity contribution >= 4 is 23.0 Å². The van der Waals surface area contributed by atoms with Gasteiger partial charge in [-0.1, -0.05) is 24.3 Å². The highest BCUT2D eigenvalue weighted by atomic mass is 16.6. The molecule has 0 bridgehead atoms. The van der Waals surface area contributed by atoms with Gasteiger partial charge in [-0.25, -0.2) is 9.59 Å². The molecular weight excluding hydrogens is 312 g/mol. The Balaban J connectivity index is 2.59. The first-order valence-electron chi connectivity index (χ1n) is 7.23. The Bertz CT molecular complexity index is 771. The molecule has 0 saturated carbocycles. The van der Waals surface area contributed by atoms with E-state index in [0.717, 1.165) is 0 Å². The van der Waals surface area contributed by atoms with Crippen molar-refractivity contribution < 1.29 is 23.8 Å². The van der Waals surface area contributed by atoms with Gasteiger partial charge in [0.1, 0.15) is 5.75 Å². The van der Waals surface area contributed by atoms with Crippen LogP contribution in [0.1, 0.15) is 0 Å². The van der Waals surface area contributed by atoms with Gasteiger partial charge in [0.25, 0.3) is 0 Å². The molecule has 2 rings (SSSR count). The second kappa shape index (κ2) is 7.08. The first-order chi connectivity index (χ1) is 11.3. The molecule has 128 valence electrons. The summed E-state index contributed by atoms with van der Waals surface area (Å²) in [5.41, 5.74) is 0. The first-order valence-corrected chi connectivity index (χ1v) is 7.23. The minimum Gasteiger partial charge on any atom is -0.493 e. The lowest BCUT2D eigenvalue weighted by Crippen LogP contribution is -2.26. The van der Waals surface area contributed by atoms with Crippen molar-refractivity contribution in [2.75, 3.05) is 35.3 Å². The molecule has 0 unspecified atom stereocenters. The molecule has 0 aliphatic rings. The topological polar surface area (TPSA) is 68.3 Å². The van der Waals surface area contributed by atoms with Gasteiger partial charge >= 0.3 is 12.2 Å². The Kier molecular flexibility index (Phi) is 5.13. The summed E-state index contributed by atoms with van der Waals surface area (Å²) in [6, 6.07) is 8.68. The summed E-state index contributed by atoms with van der Waals surface area (Å²) in [5.74, 6) is 0.896. The van der Waals surface area contributed by atoms with E-state index in [9.17, 15) is 9.59 Å². The number of carbonyl (C=O) groups is 2. The Morgan fingerprint density at radius 1 is 0.833 bits per heavy atom. The van der Waals surface area contributed by atoms with Crippen molar-refractivity contribution in [2.24, 2.45) is 0 Å². The van der Waals surface area contributed by atoms with E-state index < -0.39 is 12.2 Å². The lowest BCUT2D eigenvalue weighted by Gasteiger charge is -2.18. The molecule has 0 radical (unpaired) electrons. The molecule has 0 atom stereocenters. The van der Waals surface area contributed by atoms with Crippen molar-refractivity contribution in [3.63, 3.8) is 0 Å². The largest absolute Gasteiger partial charge is 0.493 e. The van der Waals surface area contributed by atoms with Crippen LogP contribution in [0, 0.1) is 0 Å². The van der Waals surface area contributed by atoms with E-state index in [1.54, 1.807) is 52.5 Å². The van der Waals surface area contributed by atoms with Crippen molar-refractivity contribution in [3.8, 4) is 17.2 Å². The molecular formula is C17H20N2O5. The number of hydrogen-bond acceptors (Lipinski definition) is 5. The van der Waals surface area contributed by atoms with E-state index in [1.807, 2.05) is 0 Å². The number of hydrogen-bond donors (Lipinski definition) is 0. The number of nitrogens with zero attached hydrogens (tertiary/aromatic N) is 2. The summed E-state index contributed by atoms with van der Waals surface area (Å²) in [7, 11) is 7.81. The third-order valence-electron chi connectivity index (χ3n) is 3.26. The van der Waals surface area contributed by atoms with Crippen molar-refractivity contribution in [1.29, 1.82) is 0 Å². The highest BCUT2D eigenvalue weighted by molar-refractivity contribution is 5.98. The fourth-order valence-electron chi connectivity index (χ4n) is 2.00. The molecule has 7 heteroatoms. The van der Waals surface area contributed by atoms with Gasteiger partial charge in [-0.3, -0.25) is 0 Å². The summed E-state index contributed by atoms with van der Waals surface area (Å²) in [4.78, 5) is 26.4. The maximum Gasteiger partial charge on any atom is 0.414 e. The molecule has 7 nitrogen and oxygen atoms in total. The number of ether oxygens (including phenoxy) is 3. The van der Waals surface area contributed by atoms with E-state index in [4.69, 9.17) is 14.2 Å². The second-order valence-corrected chi connectivity index (χ2v) is 5.48. The molecule has 0 saturated heterocycles. The monoisotopic (exact) mass is 332 g/mol. The van der Waals surface area contributed by atoms with Crippen LogP contribution >= 0.6 is 0 Å². The number of carbonyl (C=O) groups excluding carboxylic acids is 2. The maximum atomic E-state index is 11.9. The van der Waals surface area contributed by atoms with Crippen molar-refractivity contribution in [1.82, 2.24) is 9.80 Å². The predicted molar refractivity (Wildman–Crippen MR) is 89.9 cm³/mol. The van der Waals surface area contributed by atoms with Gasteiger partial charge in [0.2, 0.25) is 0 Å². The number of rotatable bonds is 3. The van der Waals surface area contributed by atoms with Crippen LogP contribution < -0.4 is 14.2 Å². The van der Waals surface area contributed by atoms with E-state index in [-0.39, 0.29) is 5.75 Å².